The summed E-state index contributed by atoms with van der Waals surface area (Å²) >= 11 is 1.55. The van der Waals surface area contributed by atoms with E-state index in [1.807, 2.05) is 12.1 Å². The van der Waals surface area contributed by atoms with E-state index in [2.05, 4.69) is 46.8 Å². The van der Waals surface area contributed by atoms with Crippen LogP contribution in [0.25, 0.3) is 5.70 Å². The Morgan fingerprint density at radius 1 is 1.07 bits per heavy atom. The molecule has 41 heavy (non-hydrogen) atoms. The van der Waals surface area contributed by atoms with Crippen molar-refractivity contribution in [3.63, 3.8) is 0 Å². The highest BCUT2D eigenvalue weighted by atomic mass is 32.1. The summed E-state index contributed by atoms with van der Waals surface area (Å²) in [4.78, 5) is 28.1. The van der Waals surface area contributed by atoms with Crippen molar-refractivity contribution in [1.29, 1.82) is 0 Å². The van der Waals surface area contributed by atoms with Crippen molar-refractivity contribution in [2.24, 2.45) is 0 Å². The molecule has 0 saturated heterocycles. The summed E-state index contributed by atoms with van der Waals surface area (Å²) in [6.45, 7) is 6.62. The molecule has 0 aromatic carbocycles. The minimum atomic E-state index is -0.280. The molecule has 2 amide bonds. The molecule has 0 radical (unpaired) electrons. The number of fused-ring (bicyclic) bond motifs is 1. The third-order valence-corrected chi connectivity index (χ3v) is 10.0. The second kappa shape index (κ2) is 14.4. The molecular formula is C33H46N4O3S. The van der Waals surface area contributed by atoms with E-state index >= 15 is 0 Å². The first kappa shape index (κ1) is 29.6. The summed E-state index contributed by atoms with van der Waals surface area (Å²) in [7, 11) is 0. The molecule has 2 aliphatic carbocycles. The number of nitrogens with zero attached hydrogens (tertiary/aromatic N) is 1. The minimum absolute atomic E-state index is 0.0124. The number of aryl methyl sites for hydroxylation is 1. The smallest absolute Gasteiger partial charge is 0.341 e. The highest BCUT2D eigenvalue weighted by Crippen LogP contribution is 2.39. The number of allylic oxidation sites excluding steroid dienone is 1. The van der Waals surface area contributed by atoms with Crippen LogP contribution < -0.4 is 16.0 Å². The van der Waals surface area contributed by atoms with E-state index in [9.17, 15) is 9.59 Å². The van der Waals surface area contributed by atoms with Crippen molar-refractivity contribution in [3.8, 4) is 0 Å². The summed E-state index contributed by atoms with van der Waals surface area (Å²) in [5.74, 6) is -0.268. The number of aromatic nitrogens is 1. The third kappa shape index (κ3) is 7.33. The van der Waals surface area contributed by atoms with Gasteiger partial charge >= 0.3 is 12.0 Å². The quantitative estimate of drug-likeness (QED) is 0.256. The number of esters is 1. The van der Waals surface area contributed by atoms with Crippen LogP contribution in [-0.4, -0.2) is 42.3 Å². The monoisotopic (exact) mass is 578 g/mol. The third-order valence-electron chi connectivity index (χ3n) is 8.80. The van der Waals surface area contributed by atoms with Crippen LogP contribution in [0.4, 0.5) is 9.80 Å². The largest absolute Gasteiger partial charge is 0.459 e. The summed E-state index contributed by atoms with van der Waals surface area (Å²) in [6.07, 6.45) is 17.7. The van der Waals surface area contributed by atoms with Gasteiger partial charge in [0, 0.05) is 36.1 Å². The summed E-state index contributed by atoms with van der Waals surface area (Å²) < 4.78 is 8.13. The normalized spacial score (nSPS) is 18.5. The van der Waals surface area contributed by atoms with Crippen LogP contribution in [0.2, 0.25) is 0 Å². The lowest BCUT2D eigenvalue weighted by molar-refractivity contribution is 0.0211. The van der Waals surface area contributed by atoms with Crippen molar-refractivity contribution in [2.75, 3.05) is 25.0 Å². The lowest BCUT2D eigenvalue weighted by Gasteiger charge is -2.26. The summed E-state index contributed by atoms with van der Waals surface area (Å²) in [5.41, 5.74) is 6.79. The van der Waals surface area contributed by atoms with Gasteiger partial charge in [-0.05, 0) is 113 Å². The second-order valence-electron chi connectivity index (χ2n) is 11.7. The number of thiophene rings is 1. The number of hydrogen-bond acceptors (Lipinski definition) is 5. The van der Waals surface area contributed by atoms with Crippen LogP contribution in [0, 0.1) is 0 Å². The van der Waals surface area contributed by atoms with Crippen LogP contribution >= 0.6 is 11.3 Å². The predicted molar refractivity (Wildman–Crippen MR) is 168 cm³/mol. The highest BCUT2D eigenvalue weighted by Gasteiger charge is 2.29. The highest BCUT2D eigenvalue weighted by molar-refractivity contribution is 7.17. The van der Waals surface area contributed by atoms with Crippen LogP contribution in [0.3, 0.4) is 0 Å². The maximum absolute atomic E-state index is 13.5. The summed E-state index contributed by atoms with van der Waals surface area (Å²) in [6, 6.07) is 3.78. The topological polar surface area (TPSA) is 84.4 Å². The first-order valence-corrected chi connectivity index (χ1v) is 16.5. The second-order valence-corrected chi connectivity index (χ2v) is 12.8. The van der Waals surface area contributed by atoms with Crippen LogP contribution in [-0.2, 0) is 17.6 Å². The van der Waals surface area contributed by atoms with Gasteiger partial charge in [0.15, 0.2) is 0 Å². The van der Waals surface area contributed by atoms with E-state index in [0.29, 0.717) is 17.1 Å². The number of urea groups is 1. The Morgan fingerprint density at radius 2 is 1.85 bits per heavy atom. The van der Waals surface area contributed by atoms with Gasteiger partial charge in [-0.1, -0.05) is 25.3 Å². The SMILES string of the molecule is CCCCC1=C(/C(CNC(=O)Nc2sc3c(c2C(=O)OC2CCCCC2)CCCC3)=C(\C)n2cccc2)CCNC1. The fraction of sp³-hybridized carbons (Fsp3) is 0.576. The van der Waals surface area contributed by atoms with Crippen LogP contribution in [0.1, 0.15) is 105 Å². The van der Waals surface area contributed by atoms with Gasteiger partial charge in [-0.15, -0.1) is 11.3 Å². The minimum Gasteiger partial charge on any atom is -0.459 e. The van der Waals surface area contributed by atoms with Gasteiger partial charge in [-0.25, -0.2) is 9.59 Å². The first-order chi connectivity index (χ1) is 20.0. The summed E-state index contributed by atoms with van der Waals surface area (Å²) in [5, 5.41) is 10.4. The molecule has 7 nitrogen and oxygen atoms in total. The average molecular weight is 579 g/mol. The Morgan fingerprint density at radius 3 is 2.63 bits per heavy atom. The van der Waals surface area contributed by atoms with Gasteiger partial charge in [0.05, 0.1) is 5.56 Å². The van der Waals surface area contributed by atoms with E-state index in [1.165, 1.54) is 28.0 Å². The standard InChI is InChI=1S/C33H46N4O3S/c1-3-4-12-24-21-34-18-17-26(24)28(23(2)37-19-10-11-20-37)22-35-33(39)36-31-30(27-15-8-9-16-29(27)41-31)32(38)40-25-13-6-5-7-14-25/h10-11,19-20,25,34H,3-9,12-18,21-22H2,1-2H3,(H2,35,36,39)/b28-23+. The lowest BCUT2D eigenvalue weighted by atomic mass is 9.90. The number of unbranched alkanes of at least 4 members (excludes halogenated alkanes) is 1. The van der Waals surface area contributed by atoms with Gasteiger partial charge in [-0.3, -0.25) is 5.32 Å². The molecule has 5 rings (SSSR count). The Labute approximate surface area is 248 Å². The van der Waals surface area contributed by atoms with Crippen LogP contribution in [0.15, 0.2) is 41.2 Å². The van der Waals surface area contributed by atoms with Crippen molar-refractivity contribution in [1.82, 2.24) is 15.2 Å². The number of ether oxygens (including phenoxy) is 1. The Bertz CT molecular complexity index is 1270. The molecular weight excluding hydrogens is 532 g/mol. The number of nitrogens with one attached hydrogen (secondary N) is 3. The number of carbonyl (C=O) groups is 2. The maximum atomic E-state index is 13.5. The van der Waals surface area contributed by atoms with Crippen LogP contribution in [0.5, 0.6) is 0 Å². The molecule has 0 bridgehead atoms. The number of rotatable bonds is 10. The van der Waals surface area contributed by atoms with E-state index < -0.39 is 0 Å². The average Bonchev–Trinajstić information content (AvgIpc) is 3.65. The van der Waals surface area contributed by atoms with Crippen molar-refractivity contribution in [2.45, 2.75) is 103 Å². The van der Waals surface area contributed by atoms with Crippen molar-refractivity contribution >= 4 is 34.0 Å². The molecule has 8 heteroatoms. The predicted octanol–water partition coefficient (Wildman–Crippen LogP) is 7.45. The number of hydrogen-bond donors (Lipinski definition) is 3. The van der Waals surface area contributed by atoms with E-state index in [1.54, 1.807) is 11.3 Å². The fourth-order valence-electron chi connectivity index (χ4n) is 6.48. The molecule has 3 aliphatic rings. The fourth-order valence-corrected chi connectivity index (χ4v) is 7.75. The van der Waals surface area contributed by atoms with Crippen molar-refractivity contribution < 1.29 is 14.3 Å². The zero-order chi connectivity index (χ0) is 28.6. The Balaban J connectivity index is 1.35. The van der Waals surface area contributed by atoms with E-state index in [0.717, 1.165) is 101 Å². The molecule has 2 aromatic rings. The molecule has 3 N–H and O–H groups in total. The molecule has 1 aliphatic heterocycles. The number of amides is 2. The van der Waals surface area contributed by atoms with Gasteiger partial charge < -0.3 is 19.9 Å². The van der Waals surface area contributed by atoms with Gasteiger partial charge in [0.25, 0.3) is 0 Å². The Hall–Kier alpha value is -2.84. The van der Waals surface area contributed by atoms with Gasteiger partial charge in [-0.2, -0.15) is 0 Å². The zero-order valence-corrected chi connectivity index (χ0v) is 25.6. The van der Waals surface area contributed by atoms with Gasteiger partial charge in [0.1, 0.15) is 11.1 Å². The lowest BCUT2D eigenvalue weighted by Crippen LogP contribution is -2.33. The Kier molecular flexibility index (Phi) is 10.4. The molecule has 1 saturated carbocycles. The molecule has 0 spiro atoms. The van der Waals surface area contributed by atoms with E-state index in [-0.39, 0.29) is 18.1 Å². The molecule has 1 fully saturated rings. The number of anilines is 1. The number of carbonyl (C=O) groups excluding carboxylic acids is 2. The molecule has 3 heterocycles. The molecule has 0 atom stereocenters. The molecule has 0 unspecified atom stereocenters. The maximum Gasteiger partial charge on any atom is 0.341 e. The van der Waals surface area contributed by atoms with Crippen molar-refractivity contribution in [3.05, 3.63) is 57.2 Å². The molecule has 222 valence electrons. The first-order valence-electron chi connectivity index (χ1n) is 15.7. The van der Waals surface area contributed by atoms with E-state index in [4.69, 9.17) is 4.74 Å². The molecule has 2 aromatic heterocycles. The zero-order valence-electron chi connectivity index (χ0n) is 24.8. The van der Waals surface area contributed by atoms with Gasteiger partial charge in [0.2, 0.25) is 0 Å².